The molecule has 1 aromatic rings. The third-order valence-corrected chi connectivity index (χ3v) is 3.82. The predicted molar refractivity (Wildman–Crippen MR) is 79.5 cm³/mol. The molecule has 1 unspecified atom stereocenters. The number of likely N-dealkylation sites (tertiary alicyclic amines) is 1. The molecule has 1 fully saturated rings. The molecule has 0 spiro atoms. The van der Waals surface area contributed by atoms with Crippen molar-refractivity contribution in [2.45, 2.75) is 18.9 Å². The van der Waals surface area contributed by atoms with Crippen molar-refractivity contribution in [3.8, 4) is 5.75 Å². The lowest BCUT2D eigenvalue weighted by Crippen LogP contribution is -2.38. The van der Waals surface area contributed by atoms with E-state index in [-0.39, 0.29) is 0 Å². The molecule has 1 saturated heterocycles. The van der Waals surface area contributed by atoms with E-state index >= 15 is 0 Å². The van der Waals surface area contributed by atoms with Crippen molar-refractivity contribution < 1.29 is 4.74 Å². The third-order valence-electron chi connectivity index (χ3n) is 3.82. The lowest BCUT2D eigenvalue weighted by molar-refractivity contribution is 0.190. The SMILES string of the molecule is CN(CCOc1ccc(N)cc1)CC1CCCN1C. The van der Waals surface area contributed by atoms with Crippen LogP contribution in [0.4, 0.5) is 5.69 Å². The molecule has 2 N–H and O–H groups in total. The quantitative estimate of drug-likeness (QED) is 0.793. The smallest absolute Gasteiger partial charge is 0.119 e. The highest BCUT2D eigenvalue weighted by molar-refractivity contribution is 5.41. The fourth-order valence-electron chi connectivity index (χ4n) is 2.54. The Morgan fingerprint density at radius 3 is 2.74 bits per heavy atom. The highest BCUT2D eigenvalue weighted by Crippen LogP contribution is 2.15. The standard InChI is InChI=1S/C15H25N3O/c1-17(12-14-4-3-9-18(14)2)10-11-19-15-7-5-13(16)6-8-15/h5-8,14H,3-4,9-12,16H2,1-2H3. The Bertz CT molecular complexity index is 379. The largest absolute Gasteiger partial charge is 0.492 e. The lowest BCUT2D eigenvalue weighted by Gasteiger charge is -2.25. The van der Waals surface area contributed by atoms with Crippen LogP contribution in [0.5, 0.6) is 5.75 Å². The topological polar surface area (TPSA) is 41.7 Å². The second-order valence-electron chi connectivity index (χ2n) is 5.46. The minimum absolute atomic E-state index is 0.710. The van der Waals surface area contributed by atoms with Gasteiger partial charge >= 0.3 is 0 Å². The zero-order valence-electron chi connectivity index (χ0n) is 12.0. The molecule has 1 aliphatic heterocycles. The number of ether oxygens (including phenoxy) is 1. The van der Waals surface area contributed by atoms with Gasteiger partial charge < -0.3 is 20.3 Å². The molecule has 1 heterocycles. The fraction of sp³-hybridized carbons (Fsp3) is 0.600. The van der Waals surface area contributed by atoms with Gasteiger partial charge in [0.1, 0.15) is 12.4 Å². The molecule has 4 nitrogen and oxygen atoms in total. The van der Waals surface area contributed by atoms with E-state index in [2.05, 4.69) is 23.9 Å². The number of rotatable bonds is 6. The number of nitrogens with zero attached hydrogens (tertiary/aromatic N) is 2. The second-order valence-corrected chi connectivity index (χ2v) is 5.46. The van der Waals surface area contributed by atoms with Gasteiger partial charge in [0.2, 0.25) is 0 Å². The van der Waals surface area contributed by atoms with E-state index in [0.29, 0.717) is 6.04 Å². The maximum atomic E-state index is 5.71. The summed E-state index contributed by atoms with van der Waals surface area (Å²) >= 11 is 0. The molecule has 2 rings (SSSR count). The molecule has 0 amide bonds. The van der Waals surface area contributed by atoms with Crippen LogP contribution in [0.15, 0.2) is 24.3 Å². The van der Waals surface area contributed by atoms with Crippen LogP contribution in [-0.2, 0) is 0 Å². The summed E-state index contributed by atoms with van der Waals surface area (Å²) in [5.74, 6) is 0.889. The van der Waals surface area contributed by atoms with E-state index in [0.717, 1.165) is 31.1 Å². The van der Waals surface area contributed by atoms with Crippen molar-refractivity contribution in [1.82, 2.24) is 9.80 Å². The van der Waals surface area contributed by atoms with Crippen molar-refractivity contribution in [2.75, 3.05) is 46.1 Å². The van der Waals surface area contributed by atoms with Crippen molar-refractivity contribution >= 4 is 5.69 Å². The summed E-state index contributed by atoms with van der Waals surface area (Å²) in [5.41, 5.74) is 6.41. The highest BCUT2D eigenvalue weighted by Gasteiger charge is 2.21. The van der Waals surface area contributed by atoms with Gasteiger partial charge in [-0.2, -0.15) is 0 Å². The third kappa shape index (κ3) is 4.40. The van der Waals surface area contributed by atoms with Crippen LogP contribution in [0, 0.1) is 0 Å². The molecule has 0 radical (unpaired) electrons. The van der Waals surface area contributed by atoms with Crippen molar-refractivity contribution in [3.63, 3.8) is 0 Å². The van der Waals surface area contributed by atoms with Gasteiger partial charge in [-0.3, -0.25) is 0 Å². The molecule has 0 saturated carbocycles. The number of nitrogens with two attached hydrogens (primary N) is 1. The summed E-state index contributed by atoms with van der Waals surface area (Å²) < 4.78 is 5.71. The van der Waals surface area contributed by atoms with Crippen molar-refractivity contribution in [3.05, 3.63) is 24.3 Å². The molecule has 1 atom stereocenters. The van der Waals surface area contributed by atoms with Gasteiger partial charge in [0, 0.05) is 24.8 Å². The first-order valence-corrected chi connectivity index (χ1v) is 7.02. The molecular formula is C15H25N3O. The minimum atomic E-state index is 0.710. The van der Waals surface area contributed by atoms with Crippen molar-refractivity contribution in [1.29, 1.82) is 0 Å². The summed E-state index contributed by atoms with van der Waals surface area (Å²) in [6.45, 7) is 4.04. The Hall–Kier alpha value is -1.26. The molecule has 106 valence electrons. The van der Waals surface area contributed by atoms with Crippen LogP contribution in [0.2, 0.25) is 0 Å². The zero-order valence-corrected chi connectivity index (χ0v) is 12.0. The van der Waals surface area contributed by atoms with Crippen LogP contribution >= 0.6 is 0 Å². The Balaban J connectivity index is 1.66. The minimum Gasteiger partial charge on any atom is -0.492 e. The summed E-state index contributed by atoms with van der Waals surface area (Å²) in [6, 6.07) is 8.28. The normalized spacial score (nSPS) is 20.1. The number of benzene rings is 1. The van der Waals surface area contributed by atoms with Gasteiger partial charge in [0.15, 0.2) is 0 Å². The van der Waals surface area contributed by atoms with E-state index in [1.807, 2.05) is 24.3 Å². The first kappa shape index (κ1) is 14.2. The van der Waals surface area contributed by atoms with E-state index < -0.39 is 0 Å². The second kappa shape index (κ2) is 6.78. The lowest BCUT2D eigenvalue weighted by atomic mass is 10.2. The van der Waals surface area contributed by atoms with Gasteiger partial charge in [-0.25, -0.2) is 0 Å². The molecule has 0 aliphatic carbocycles. The Morgan fingerprint density at radius 2 is 2.11 bits per heavy atom. The summed E-state index contributed by atoms with van der Waals surface area (Å²) in [7, 11) is 4.38. The number of nitrogen functional groups attached to an aromatic ring is 1. The predicted octanol–water partition coefficient (Wildman–Crippen LogP) is 1.67. The van der Waals surface area contributed by atoms with Crippen LogP contribution in [0.1, 0.15) is 12.8 Å². The number of likely N-dealkylation sites (N-methyl/N-ethyl adjacent to an activating group) is 2. The molecular weight excluding hydrogens is 238 g/mol. The Morgan fingerprint density at radius 1 is 1.37 bits per heavy atom. The molecule has 0 aromatic heterocycles. The van der Waals surface area contributed by atoms with E-state index in [1.165, 1.54) is 19.4 Å². The Kier molecular flexibility index (Phi) is 5.05. The summed E-state index contributed by atoms with van der Waals surface area (Å²) in [6.07, 6.45) is 2.65. The van der Waals surface area contributed by atoms with Gasteiger partial charge in [-0.1, -0.05) is 0 Å². The van der Waals surface area contributed by atoms with E-state index in [9.17, 15) is 0 Å². The monoisotopic (exact) mass is 263 g/mol. The van der Waals surface area contributed by atoms with Gasteiger partial charge in [-0.15, -0.1) is 0 Å². The maximum Gasteiger partial charge on any atom is 0.119 e. The van der Waals surface area contributed by atoms with Gasteiger partial charge in [-0.05, 0) is 57.7 Å². The van der Waals surface area contributed by atoms with Crippen LogP contribution in [0.25, 0.3) is 0 Å². The zero-order chi connectivity index (χ0) is 13.7. The van der Waals surface area contributed by atoms with Crippen LogP contribution in [0.3, 0.4) is 0 Å². The highest BCUT2D eigenvalue weighted by atomic mass is 16.5. The fourth-order valence-corrected chi connectivity index (χ4v) is 2.54. The number of anilines is 1. The maximum absolute atomic E-state index is 5.71. The average Bonchev–Trinajstić information content (AvgIpc) is 2.78. The molecule has 4 heteroatoms. The number of hydrogen-bond donors (Lipinski definition) is 1. The van der Waals surface area contributed by atoms with E-state index in [1.54, 1.807) is 0 Å². The first-order valence-electron chi connectivity index (χ1n) is 7.02. The first-order chi connectivity index (χ1) is 9.15. The molecule has 1 aliphatic rings. The van der Waals surface area contributed by atoms with Crippen LogP contribution < -0.4 is 10.5 Å². The molecule has 19 heavy (non-hydrogen) atoms. The Labute approximate surface area is 116 Å². The summed E-state index contributed by atoms with van der Waals surface area (Å²) in [5, 5.41) is 0. The molecule has 0 bridgehead atoms. The summed E-state index contributed by atoms with van der Waals surface area (Å²) in [4.78, 5) is 4.81. The van der Waals surface area contributed by atoms with E-state index in [4.69, 9.17) is 10.5 Å². The van der Waals surface area contributed by atoms with Gasteiger partial charge in [0.05, 0.1) is 0 Å². The number of hydrogen-bond acceptors (Lipinski definition) is 4. The van der Waals surface area contributed by atoms with Crippen molar-refractivity contribution in [2.24, 2.45) is 0 Å². The average molecular weight is 263 g/mol. The molecule has 1 aromatic carbocycles. The van der Waals surface area contributed by atoms with Gasteiger partial charge in [0.25, 0.3) is 0 Å². The van der Waals surface area contributed by atoms with Crippen LogP contribution in [-0.4, -0.2) is 56.2 Å².